The number of carbonyl (C=O) groups excluding carboxylic acids is 1. The van der Waals surface area contributed by atoms with Crippen LogP contribution in [0.3, 0.4) is 0 Å². The molecule has 3 aromatic rings. The average Bonchev–Trinajstić information content (AvgIpc) is 3.18. The molecule has 7 heteroatoms. The summed E-state index contributed by atoms with van der Waals surface area (Å²) in [6.07, 6.45) is 4.16. The van der Waals surface area contributed by atoms with Crippen LogP contribution in [0, 0.1) is 0 Å². The number of aromatic nitrogens is 3. The lowest BCUT2D eigenvalue weighted by molar-refractivity contribution is -0.121. The standard InChI is InChI=1S/C18H24N4O3/c1-4-12(3)19-17(23)7-6-9-21-18(24)14-11-15-13(8-10-25-15)22(14)16(5-2)20-21/h8,10-12H,4-7,9H2,1-3H3,(H,19,23). The van der Waals surface area contributed by atoms with Gasteiger partial charge in [-0.05, 0) is 19.8 Å². The van der Waals surface area contributed by atoms with Crippen molar-refractivity contribution >= 4 is 22.5 Å². The van der Waals surface area contributed by atoms with Crippen LogP contribution in [-0.2, 0) is 17.8 Å². The van der Waals surface area contributed by atoms with Crippen molar-refractivity contribution in [3.8, 4) is 0 Å². The molecule has 0 aliphatic heterocycles. The lowest BCUT2D eigenvalue weighted by atomic mass is 10.2. The van der Waals surface area contributed by atoms with Crippen molar-refractivity contribution in [1.29, 1.82) is 0 Å². The van der Waals surface area contributed by atoms with Crippen molar-refractivity contribution in [2.45, 2.75) is 59.0 Å². The van der Waals surface area contributed by atoms with E-state index < -0.39 is 0 Å². The zero-order valence-electron chi connectivity index (χ0n) is 14.9. The van der Waals surface area contributed by atoms with E-state index in [1.165, 1.54) is 4.68 Å². The normalized spacial score (nSPS) is 12.8. The molecule has 134 valence electrons. The van der Waals surface area contributed by atoms with Gasteiger partial charge in [-0.2, -0.15) is 5.10 Å². The van der Waals surface area contributed by atoms with Crippen LogP contribution in [0.4, 0.5) is 0 Å². The summed E-state index contributed by atoms with van der Waals surface area (Å²) < 4.78 is 8.72. The van der Waals surface area contributed by atoms with Crippen LogP contribution < -0.4 is 10.9 Å². The first-order valence-electron chi connectivity index (χ1n) is 8.83. The van der Waals surface area contributed by atoms with Gasteiger partial charge in [0.1, 0.15) is 11.3 Å². The molecule has 0 bridgehead atoms. The third-order valence-corrected chi connectivity index (χ3v) is 4.48. The molecule has 7 nitrogen and oxygen atoms in total. The highest BCUT2D eigenvalue weighted by Gasteiger charge is 2.15. The van der Waals surface area contributed by atoms with E-state index in [4.69, 9.17) is 4.42 Å². The van der Waals surface area contributed by atoms with E-state index in [1.54, 1.807) is 12.3 Å². The van der Waals surface area contributed by atoms with E-state index in [-0.39, 0.29) is 17.5 Å². The van der Waals surface area contributed by atoms with Crippen molar-refractivity contribution in [3.63, 3.8) is 0 Å². The highest BCUT2D eigenvalue weighted by molar-refractivity contribution is 5.82. The van der Waals surface area contributed by atoms with Crippen LogP contribution in [-0.4, -0.2) is 26.1 Å². The Bertz CT molecular complexity index is 950. The summed E-state index contributed by atoms with van der Waals surface area (Å²) in [5.74, 6) is 0.814. The van der Waals surface area contributed by atoms with E-state index in [0.29, 0.717) is 36.9 Å². The van der Waals surface area contributed by atoms with Gasteiger partial charge in [0.05, 0.1) is 11.8 Å². The Morgan fingerprint density at radius 2 is 2.16 bits per heavy atom. The van der Waals surface area contributed by atoms with Crippen LogP contribution in [0.1, 0.15) is 45.9 Å². The molecule has 0 fully saturated rings. The molecule has 3 rings (SSSR count). The van der Waals surface area contributed by atoms with Gasteiger partial charge < -0.3 is 9.73 Å². The second-order valence-corrected chi connectivity index (χ2v) is 6.31. The number of amides is 1. The van der Waals surface area contributed by atoms with Gasteiger partial charge in [-0.1, -0.05) is 13.8 Å². The van der Waals surface area contributed by atoms with Crippen molar-refractivity contribution in [2.24, 2.45) is 0 Å². The molecule has 1 amide bonds. The number of fused-ring (bicyclic) bond motifs is 3. The Morgan fingerprint density at radius 1 is 1.36 bits per heavy atom. The minimum absolute atomic E-state index is 0.0133. The van der Waals surface area contributed by atoms with E-state index in [0.717, 1.165) is 17.8 Å². The minimum atomic E-state index is -0.161. The zero-order chi connectivity index (χ0) is 18.0. The van der Waals surface area contributed by atoms with Gasteiger partial charge in [0.15, 0.2) is 5.58 Å². The second kappa shape index (κ2) is 7.13. The van der Waals surface area contributed by atoms with E-state index in [2.05, 4.69) is 10.4 Å². The van der Waals surface area contributed by atoms with Gasteiger partial charge in [0, 0.05) is 37.6 Å². The first kappa shape index (κ1) is 17.3. The Balaban J connectivity index is 1.81. The number of nitrogens with zero attached hydrogens (tertiary/aromatic N) is 3. The predicted molar refractivity (Wildman–Crippen MR) is 95.7 cm³/mol. The fourth-order valence-electron chi connectivity index (χ4n) is 2.94. The van der Waals surface area contributed by atoms with Gasteiger partial charge in [-0.25, -0.2) is 4.68 Å². The molecular formula is C18H24N4O3. The molecule has 1 N–H and O–H groups in total. The third-order valence-electron chi connectivity index (χ3n) is 4.48. The molecule has 3 aromatic heterocycles. The quantitative estimate of drug-likeness (QED) is 0.714. The number of hydrogen-bond donors (Lipinski definition) is 1. The molecule has 0 saturated heterocycles. The summed E-state index contributed by atoms with van der Waals surface area (Å²) in [6.45, 7) is 6.43. The largest absolute Gasteiger partial charge is 0.463 e. The molecule has 1 unspecified atom stereocenters. The monoisotopic (exact) mass is 344 g/mol. The average molecular weight is 344 g/mol. The van der Waals surface area contributed by atoms with E-state index in [9.17, 15) is 9.59 Å². The summed E-state index contributed by atoms with van der Waals surface area (Å²) in [7, 11) is 0. The summed E-state index contributed by atoms with van der Waals surface area (Å²) in [6, 6.07) is 3.77. The topological polar surface area (TPSA) is 81.5 Å². The lowest BCUT2D eigenvalue weighted by Gasteiger charge is -2.12. The van der Waals surface area contributed by atoms with Crippen molar-refractivity contribution < 1.29 is 9.21 Å². The maximum absolute atomic E-state index is 12.7. The van der Waals surface area contributed by atoms with Crippen molar-refractivity contribution in [1.82, 2.24) is 19.5 Å². The Kier molecular flexibility index (Phi) is 4.92. The first-order chi connectivity index (χ1) is 12.0. The number of aryl methyl sites for hydroxylation is 2. The molecule has 0 saturated carbocycles. The highest BCUT2D eigenvalue weighted by atomic mass is 16.3. The van der Waals surface area contributed by atoms with Crippen LogP contribution in [0.15, 0.2) is 27.6 Å². The lowest BCUT2D eigenvalue weighted by Crippen LogP contribution is -2.32. The highest BCUT2D eigenvalue weighted by Crippen LogP contribution is 2.20. The summed E-state index contributed by atoms with van der Waals surface area (Å²) in [5.41, 5.74) is 1.94. The summed E-state index contributed by atoms with van der Waals surface area (Å²) in [5, 5.41) is 7.42. The van der Waals surface area contributed by atoms with Gasteiger partial charge in [0.2, 0.25) is 5.91 Å². The molecular weight excluding hydrogens is 320 g/mol. The Hall–Kier alpha value is -2.57. The second-order valence-electron chi connectivity index (χ2n) is 6.31. The molecule has 1 atom stereocenters. The Morgan fingerprint density at radius 3 is 2.88 bits per heavy atom. The third kappa shape index (κ3) is 3.31. The van der Waals surface area contributed by atoms with E-state index >= 15 is 0 Å². The van der Waals surface area contributed by atoms with Gasteiger partial charge >= 0.3 is 0 Å². The Labute approximate surface area is 145 Å². The van der Waals surface area contributed by atoms with Gasteiger partial charge in [0.25, 0.3) is 5.56 Å². The molecule has 0 aromatic carbocycles. The number of furan rings is 1. The fourth-order valence-corrected chi connectivity index (χ4v) is 2.94. The molecule has 3 heterocycles. The van der Waals surface area contributed by atoms with Crippen LogP contribution in [0.2, 0.25) is 0 Å². The zero-order valence-corrected chi connectivity index (χ0v) is 14.9. The van der Waals surface area contributed by atoms with Crippen molar-refractivity contribution in [2.75, 3.05) is 0 Å². The smallest absolute Gasteiger partial charge is 0.291 e. The summed E-state index contributed by atoms with van der Waals surface area (Å²) in [4.78, 5) is 24.6. The van der Waals surface area contributed by atoms with Gasteiger partial charge in [-0.3, -0.25) is 14.0 Å². The maximum atomic E-state index is 12.7. The number of carbonyl (C=O) groups is 1. The molecule has 0 spiro atoms. The van der Waals surface area contributed by atoms with Crippen LogP contribution in [0.25, 0.3) is 16.6 Å². The van der Waals surface area contributed by atoms with Gasteiger partial charge in [-0.15, -0.1) is 0 Å². The summed E-state index contributed by atoms with van der Waals surface area (Å²) >= 11 is 0. The van der Waals surface area contributed by atoms with E-state index in [1.807, 2.05) is 31.2 Å². The first-order valence-corrected chi connectivity index (χ1v) is 8.83. The SMILES string of the molecule is CCc1nn(CCCC(=O)NC(C)CC)c(=O)c2cc3occc3n12. The van der Waals surface area contributed by atoms with Crippen LogP contribution >= 0.6 is 0 Å². The molecule has 25 heavy (non-hydrogen) atoms. The fraction of sp³-hybridized carbons (Fsp3) is 0.500. The molecule has 0 radical (unpaired) electrons. The minimum Gasteiger partial charge on any atom is -0.463 e. The molecule has 0 aliphatic carbocycles. The van der Waals surface area contributed by atoms with Crippen LogP contribution in [0.5, 0.6) is 0 Å². The predicted octanol–water partition coefficient (Wildman–Crippen LogP) is 2.50. The van der Waals surface area contributed by atoms with Crippen molar-refractivity contribution in [3.05, 3.63) is 34.6 Å². The number of rotatable bonds is 7. The number of nitrogens with one attached hydrogen (secondary N) is 1. The maximum Gasteiger partial charge on any atom is 0.291 e. The number of hydrogen-bond acceptors (Lipinski definition) is 4. The molecule has 0 aliphatic rings.